The van der Waals surface area contributed by atoms with E-state index in [1.807, 2.05) is 19.1 Å². The minimum atomic E-state index is -4.51. The Hall–Kier alpha value is -3.95. The van der Waals surface area contributed by atoms with Crippen LogP contribution in [0.2, 0.25) is 0 Å². The molecule has 152 valence electrons. The van der Waals surface area contributed by atoms with E-state index in [9.17, 15) is 18.0 Å². The molecule has 1 amide bonds. The van der Waals surface area contributed by atoms with Crippen molar-refractivity contribution < 1.29 is 18.0 Å². The van der Waals surface area contributed by atoms with E-state index in [1.165, 1.54) is 30.5 Å². The fraction of sp³-hybridized carbons (Fsp3) is 0.100. The second-order valence-corrected chi connectivity index (χ2v) is 6.45. The molecule has 1 aromatic carbocycles. The molecule has 30 heavy (non-hydrogen) atoms. The summed E-state index contributed by atoms with van der Waals surface area (Å²) in [7, 11) is 0. The highest BCUT2D eigenvalue weighted by Gasteiger charge is 2.33. The van der Waals surface area contributed by atoms with Gasteiger partial charge in [0, 0.05) is 35.3 Å². The number of rotatable bonds is 4. The Morgan fingerprint density at radius 1 is 1.07 bits per heavy atom. The van der Waals surface area contributed by atoms with Crippen molar-refractivity contribution in [2.45, 2.75) is 13.1 Å². The molecule has 0 aliphatic carbocycles. The number of H-pyrrole nitrogens is 1. The highest BCUT2D eigenvalue weighted by atomic mass is 19.4. The summed E-state index contributed by atoms with van der Waals surface area (Å²) in [5.41, 5.74) is 2.16. The number of nitrogens with zero attached hydrogens (tertiary/aromatic N) is 4. The smallest absolute Gasteiger partial charge is 0.305 e. The van der Waals surface area contributed by atoms with Crippen LogP contribution in [0.5, 0.6) is 0 Å². The molecule has 0 radical (unpaired) electrons. The number of carbonyl (C=O) groups is 1. The van der Waals surface area contributed by atoms with Crippen molar-refractivity contribution in [2.24, 2.45) is 0 Å². The Morgan fingerprint density at radius 3 is 2.40 bits per heavy atom. The number of amides is 1. The summed E-state index contributed by atoms with van der Waals surface area (Å²) in [5.74, 6) is -0.00772. The number of aromatic nitrogens is 5. The van der Waals surface area contributed by atoms with Crippen LogP contribution in [0.3, 0.4) is 0 Å². The number of benzene rings is 1. The molecule has 10 heteroatoms. The van der Waals surface area contributed by atoms with Crippen molar-refractivity contribution >= 4 is 11.7 Å². The lowest BCUT2D eigenvalue weighted by molar-refractivity contribution is -0.141. The van der Waals surface area contributed by atoms with Crippen LogP contribution in [0.25, 0.3) is 16.9 Å². The maximum Gasteiger partial charge on any atom is 0.435 e. The molecule has 0 fully saturated rings. The minimum absolute atomic E-state index is 0.329. The van der Waals surface area contributed by atoms with Gasteiger partial charge in [0.15, 0.2) is 11.5 Å². The van der Waals surface area contributed by atoms with E-state index in [4.69, 9.17) is 0 Å². The number of hydrogen-bond acceptors (Lipinski definition) is 4. The maximum atomic E-state index is 12.7. The average molecular weight is 412 g/mol. The topological polar surface area (TPSA) is 88.5 Å². The maximum absolute atomic E-state index is 12.7. The largest absolute Gasteiger partial charge is 0.435 e. The number of anilines is 1. The quantitative estimate of drug-likeness (QED) is 0.525. The summed E-state index contributed by atoms with van der Waals surface area (Å²) in [4.78, 5) is 16.5. The van der Waals surface area contributed by atoms with Crippen molar-refractivity contribution in [1.82, 2.24) is 25.0 Å². The minimum Gasteiger partial charge on any atom is -0.305 e. The van der Waals surface area contributed by atoms with E-state index in [1.54, 1.807) is 12.4 Å². The Kier molecular flexibility index (Phi) is 4.82. The third-order valence-electron chi connectivity index (χ3n) is 4.48. The molecule has 0 bridgehead atoms. The zero-order valence-electron chi connectivity index (χ0n) is 15.6. The van der Waals surface area contributed by atoms with Crippen LogP contribution in [0.4, 0.5) is 19.0 Å². The first-order chi connectivity index (χ1) is 14.3. The first kappa shape index (κ1) is 19.4. The molecular weight excluding hydrogens is 397 g/mol. The Labute approximate surface area is 168 Å². The van der Waals surface area contributed by atoms with Crippen LogP contribution in [-0.2, 0) is 6.18 Å². The van der Waals surface area contributed by atoms with Gasteiger partial charge in [-0.25, -0.2) is 4.68 Å². The third-order valence-corrected chi connectivity index (χ3v) is 4.48. The SMILES string of the molecule is Cc1c(NC(=O)c2ccc(-n3ccc(C(F)(F)F)n3)cc2)n[nH]c1-c1ccncc1. The van der Waals surface area contributed by atoms with Crippen molar-refractivity contribution in [3.8, 4) is 16.9 Å². The van der Waals surface area contributed by atoms with E-state index < -0.39 is 17.8 Å². The van der Waals surface area contributed by atoms with Gasteiger partial charge in [0.05, 0.1) is 11.4 Å². The molecule has 7 nitrogen and oxygen atoms in total. The molecule has 3 heterocycles. The molecule has 0 atom stereocenters. The lowest BCUT2D eigenvalue weighted by Crippen LogP contribution is -2.13. The zero-order chi connectivity index (χ0) is 21.3. The number of carbonyl (C=O) groups excluding carboxylic acids is 1. The van der Waals surface area contributed by atoms with Crippen molar-refractivity contribution in [1.29, 1.82) is 0 Å². The number of aromatic amines is 1. The summed E-state index contributed by atoms with van der Waals surface area (Å²) in [6.45, 7) is 1.83. The summed E-state index contributed by atoms with van der Waals surface area (Å²) < 4.78 is 39.2. The van der Waals surface area contributed by atoms with Crippen LogP contribution in [-0.4, -0.2) is 30.9 Å². The lowest BCUT2D eigenvalue weighted by Gasteiger charge is -2.06. The fourth-order valence-corrected chi connectivity index (χ4v) is 2.88. The number of nitrogens with one attached hydrogen (secondary N) is 2. The van der Waals surface area contributed by atoms with Gasteiger partial charge in [-0.3, -0.25) is 14.9 Å². The summed E-state index contributed by atoms with van der Waals surface area (Å²) >= 11 is 0. The molecule has 0 aliphatic rings. The van der Waals surface area contributed by atoms with Crippen molar-refractivity contribution in [2.75, 3.05) is 5.32 Å². The number of alkyl halides is 3. The van der Waals surface area contributed by atoms with Crippen LogP contribution in [0.15, 0.2) is 61.1 Å². The molecule has 2 N–H and O–H groups in total. The zero-order valence-corrected chi connectivity index (χ0v) is 15.6. The Balaban J connectivity index is 1.50. The summed E-state index contributed by atoms with van der Waals surface area (Å²) in [6, 6.07) is 10.6. The molecule has 3 aromatic heterocycles. The molecule has 0 spiro atoms. The van der Waals surface area contributed by atoms with Gasteiger partial charge in [0.2, 0.25) is 0 Å². The van der Waals surface area contributed by atoms with Gasteiger partial charge in [-0.15, -0.1) is 0 Å². The van der Waals surface area contributed by atoms with Gasteiger partial charge in [-0.05, 0) is 49.4 Å². The summed E-state index contributed by atoms with van der Waals surface area (Å²) in [6.07, 6.45) is 0.0204. The van der Waals surface area contributed by atoms with E-state index in [0.717, 1.165) is 27.6 Å². The normalized spacial score (nSPS) is 11.5. The Morgan fingerprint density at radius 2 is 1.77 bits per heavy atom. The van der Waals surface area contributed by atoms with Gasteiger partial charge >= 0.3 is 6.18 Å². The predicted octanol–water partition coefficient (Wildman–Crippen LogP) is 4.24. The van der Waals surface area contributed by atoms with Crippen LogP contribution < -0.4 is 5.32 Å². The highest BCUT2D eigenvalue weighted by molar-refractivity contribution is 6.04. The monoisotopic (exact) mass is 412 g/mol. The van der Waals surface area contributed by atoms with E-state index in [0.29, 0.717) is 17.1 Å². The predicted molar refractivity (Wildman–Crippen MR) is 103 cm³/mol. The van der Waals surface area contributed by atoms with Crippen LogP contribution in [0.1, 0.15) is 21.6 Å². The number of halogens is 3. The number of hydrogen-bond donors (Lipinski definition) is 2. The third kappa shape index (κ3) is 3.79. The van der Waals surface area contributed by atoms with E-state index in [-0.39, 0.29) is 0 Å². The molecule has 0 saturated heterocycles. The average Bonchev–Trinajstić information content (AvgIpc) is 3.37. The van der Waals surface area contributed by atoms with Crippen LogP contribution in [0, 0.1) is 6.92 Å². The first-order valence-corrected chi connectivity index (χ1v) is 8.83. The lowest BCUT2D eigenvalue weighted by atomic mass is 10.1. The molecule has 4 rings (SSSR count). The fourth-order valence-electron chi connectivity index (χ4n) is 2.88. The molecule has 4 aromatic rings. The van der Waals surface area contributed by atoms with Crippen molar-refractivity contribution in [3.05, 3.63) is 77.9 Å². The van der Waals surface area contributed by atoms with Gasteiger partial charge in [0.1, 0.15) is 0 Å². The summed E-state index contributed by atoms with van der Waals surface area (Å²) in [5, 5.41) is 13.3. The highest BCUT2D eigenvalue weighted by Crippen LogP contribution is 2.28. The van der Waals surface area contributed by atoms with Crippen LogP contribution >= 0.6 is 0 Å². The van der Waals surface area contributed by atoms with Crippen molar-refractivity contribution in [3.63, 3.8) is 0 Å². The van der Waals surface area contributed by atoms with Gasteiger partial charge in [-0.1, -0.05) is 0 Å². The van der Waals surface area contributed by atoms with Gasteiger partial charge < -0.3 is 5.32 Å². The second kappa shape index (κ2) is 7.47. The molecule has 0 aliphatic heterocycles. The molecule has 0 saturated carbocycles. The first-order valence-electron chi connectivity index (χ1n) is 8.83. The number of pyridine rings is 1. The van der Waals surface area contributed by atoms with E-state index >= 15 is 0 Å². The Bertz CT molecular complexity index is 1180. The van der Waals surface area contributed by atoms with Gasteiger partial charge in [-0.2, -0.15) is 23.4 Å². The molecular formula is C20H15F3N6O. The molecule has 0 unspecified atom stereocenters. The van der Waals surface area contributed by atoms with E-state index in [2.05, 4.69) is 25.6 Å². The standard InChI is InChI=1S/C20H15F3N6O/c1-12-17(13-6-9-24-10-7-13)26-27-18(12)25-19(30)14-2-4-15(5-3-14)29-11-8-16(28-29)20(21,22)23/h2-11H,1H3,(H2,25,26,27,30). The van der Waals surface area contributed by atoms with Gasteiger partial charge in [0.25, 0.3) is 5.91 Å². The second-order valence-electron chi connectivity index (χ2n) is 6.45.